The lowest BCUT2D eigenvalue weighted by atomic mass is 10.1. The molecule has 1 fully saturated rings. The molecule has 6 heteroatoms. The molecule has 3 aromatic rings. The van der Waals surface area contributed by atoms with Gasteiger partial charge in [-0.05, 0) is 61.6 Å². The van der Waals surface area contributed by atoms with Crippen LogP contribution in [0.5, 0.6) is 0 Å². The highest BCUT2D eigenvalue weighted by atomic mass is 16.1. The Morgan fingerprint density at radius 1 is 1.15 bits per heavy atom. The van der Waals surface area contributed by atoms with Crippen LogP contribution in [0.2, 0.25) is 0 Å². The maximum atomic E-state index is 12.4. The zero-order chi connectivity index (χ0) is 18.6. The molecular formula is C21H21N5O. The Hall–Kier alpha value is -3.28. The molecule has 0 spiro atoms. The van der Waals surface area contributed by atoms with Crippen molar-refractivity contribution in [2.75, 3.05) is 11.9 Å². The summed E-state index contributed by atoms with van der Waals surface area (Å²) in [5.41, 5.74) is 4.19. The zero-order valence-corrected chi connectivity index (χ0v) is 15.1. The van der Waals surface area contributed by atoms with Crippen LogP contribution in [-0.2, 0) is 0 Å². The highest BCUT2D eigenvalue weighted by molar-refractivity contribution is 5.95. The van der Waals surface area contributed by atoms with Crippen molar-refractivity contribution in [3.63, 3.8) is 0 Å². The quantitative estimate of drug-likeness (QED) is 0.701. The van der Waals surface area contributed by atoms with Crippen LogP contribution in [-0.4, -0.2) is 27.4 Å². The maximum Gasteiger partial charge on any atom is 0.251 e. The van der Waals surface area contributed by atoms with Crippen molar-refractivity contribution in [1.29, 1.82) is 0 Å². The van der Waals surface area contributed by atoms with Gasteiger partial charge >= 0.3 is 0 Å². The minimum absolute atomic E-state index is 0.0398. The summed E-state index contributed by atoms with van der Waals surface area (Å²) < 4.78 is 0. The fraction of sp³-hybridized carbons (Fsp3) is 0.238. The van der Waals surface area contributed by atoms with Crippen molar-refractivity contribution in [2.45, 2.75) is 19.8 Å². The van der Waals surface area contributed by atoms with E-state index >= 15 is 0 Å². The van der Waals surface area contributed by atoms with Gasteiger partial charge in [-0.15, -0.1) is 0 Å². The molecule has 1 saturated carbocycles. The number of aromatic nitrogens is 3. The van der Waals surface area contributed by atoms with Crippen LogP contribution in [0.25, 0.3) is 11.3 Å². The number of nitrogens with zero attached hydrogens (tertiary/aromatic N) is 3. The van der Waals surface area contributed by atoms with Crippen molar-refractivity contribution in [3.8, 4) is 11.3 Å². The molecule has 1 aliphatic rings. The molecule has 0 saturated heterocycles. The van der Waals surface area contributed by atoms with Gasteiger partial charge in [0.05, 0.1) is 5.69 Å². The number of amides is 1. The summed E-state index contributed by atoms with van der Waals surface area (Å²) in [7, 11) is 0. The van der Waals surface area contributed by atoms with Gasteiger partial charge < -0.3 is 10.6 Å². The largest absolute Gasteiger partial charge is 0.352 e. The molecule has 0 atom stereocenters. The van der Waals surface area contributed by atoms with Crippen LogP contribution in [0.3, 0.4) is 0 Å². The van der Waals surface area contributed by atoms with Crippen molar-refractivity contribution in [2.24, 2.45) is 5.92 Å². The molecule has 2 heterocycles. The first-order valence-electron chi connectivity index (χ1n) is 9.08. The van der Waals surface area contributed by atoms with Crippen LogP contribution in [0, 0.1) is 12.8 Å². The van der Waals surface area contributed by atoms with Crippen LogP contribution in [0.15, 0.2) is 55.1 Å². The Balaban J connectivity index is 1.59. The third kappa shape index (κ3) is 4.11. The number of nitrogens with one attached hydrogen (secondary N) is 2. The van der Waals surface area contributed by atoms with Gasteiger partial charge in [0.1, 0.15) is 12.1 Å². The van der Waals surface area contributed by atoms with E-state index in [1.807, 2.05) is 43.3 Å². The van der Waals surface area contributed by atoms with Gasteiger partial charge in [0.2, 0.25) is 0 Å². The monoisotopic (exact) mass is 359 g/mol. The number of anilines is 2. The van der Waals surface area contributed by atoms with E-state index in [0.29, 0.717) is 17.3 Å². The minimum Gasteiger partial charge on any atom is -0.352 e. The Morgan fingerprint density at radius 2 is 2.04 bits per heavy atom. The van der Waals surface area contributed by atoms with Crippen molar-refractivity contribution in [1.82, 2.24) is 20.3 Å². The number of hydrogen-bond donors (Lipinski definition) is 2. The summed E-state index contributed by atoms with van der Waals surface area (Å²) in [6.07, 6.45) is 7.38. The molecule has 2 N–H and O–H groups in total. The normalized spacial score (nSPS) is 13.2. The molecule has 4 rings (SSSR count). The highest BCUT2D eigenvalue weighted by Crippen LogP contribution is 2.29. The molecule has 1 aliphatic carbocycles. The first kappa shape index (κ1) is 17.1. The van der Waals surface area contributed by atoms with Crippen LogP contribution >= 0.6 is 0 Å². The van der Waals surface area contributed by atoms with Crippen LogP contribution in [0.1, 0.15) is 28.8 Å². The van der Waals surface area contributed by atoms with E-state index in [4.69, 9.17) is 0 Å². The van der Waals surface area contributed by atoms with E-state index in [2.05, 4.69) is 25.6 Å². The van der Waals surface area contributed by atoms with Gasteiger partial charge in [0.15, 0.2) is 0 Å². The standard InChI is InChI=1S/C21H21N5O/c1-14-4-7-16(21(27)24-12-15-5-6-15)11-19(14)26-20-17(3-2-9-23-20)18-8-10-22-13-25-18/h2-4,7-11,13,15H,5-6,12H2,1H3,(H,23,26)(H,24,27). The molecule has 27 heavy (non-hydrogen) atoms. The van der Waals surface area contributed by atoms with E-state index in [9.17, 15) is 4.79 Å². The van der Waals surface area contributed by atoms with E-state index < -0.39 is 0 Å². The van der Waals surface area contributed by atoms with E-state index in [1.165, 1.54) is 19.2 Å². The summed E-state index contributed by atoms with van der Waals surface area (Å²) >= 11 is 0. The number of pyridine rings is 1. The highest BCUT2D eigenvalue weighted by Gasteiger charge is 2.22. The van der Waals surface area contributed by atoms with Gasteiger partial charge in [0.25, 0.3) is 5.91 Å². The average molecular weight is 359 g/mol. The molecule has 6 nitrogen and oxygen atoms in total. The second kappa shape index (κ2) is 7.53. The lowest BCUT2D eigenvalue weighted by Gasteiger charge is -2.14. The second-order valence-corrected chi connectivity index (χ2v) is 6.80. The van der Waals surface area contributed by atoms with Crippen LogP contribution < -0.4 is 10.6 Å². The topological polar surface area (TPSA) is 79.8 Å². The number of carbonyl (C=O) groups is 1. The minimum atomic E-state index is -0.0398. The fourth-order valence-electron chi connectivity index (χ4n) is 2.85. The summed E-state index contributed by atoms with van der Waals surface area (Å²) in [6, 6.07) is 11.3. The Morgan fingerprint density at radius 3 is 2.81 bits per heavy atom. The lowest BCUT2D eigenvalue weighted by molar-refractivity contribution is 0.0952. The van der Waals surface area contributed by atoms with Crippen molar-refractivity contribution < 1.29 is 4.79 Å². The molecule has 136 valence electrons. The smallest absolute Gasteiger partial charge is 0.251 e. The number of hydrogen-bond acceptors (Lipinski definition) is 5. The number of carbonyl (C=O) groups excluding carboxylic acids is 1. The Labute approximate surface area is 158 Å². The molecule has 1 aromatic carbocycles. The van der Waals surface area contributed by atoms with Gasteiger partial charge in [0, 0.05) is 35.8 Å². The lowest BCUT2D eigenvalue weighted by Crippen LogP contribution is -2.25. The summed E-state index contributed by atoms with van der Waals surface area (Å²) in [6.45, 7) is 2.76. The van der Waals surface area contributed by atoms with Gasteiger partial charge in [-0.2, -0.15) is 0 Å². The van der Waals surface area contributed by atoms with Gasteiger partial charge in [-0.25, -0.2) is 15.0 Å². The third-order valence-electron chi connectivity index (χ3n) is 4.67. The summed E-state index contributed by atoms with van der Waals surface area (Å²) in [5.74, 6) is 1.30. The number of aryl methyl sites for hydroxylation is 1. The molecule has 1 amide bonds. The van der Waals surface area contributed by atoms with Gasteiger partial charge in [-0.1, -0.05) is 6.07 Å². The molecule has 0 bridgehead atoms. The maximum absolute atomic E-state index is 12.4. The molecule has 0 unspecified atom stereocenters. The van der Waals surface area contributed by atoms with E-state index in [-0.39, 0.29) is 5.91 Å². The second-order valence-electron chi connectivity index (χ2n) is 6.80. The SMILES string of the molecule is Cc1ccc(C(=O)NCC2CC2)cc1Nc1ncccc1-c1ccncn1. The van der Waals surface area contributed by atoms with E-state index in [1.54, 1.807) is 12.4 Å². The molecule has 2 aromatic heterocycles. The Bertz CT molecular complexity index is 954. The predicted octanol–water partition coefficient (Wildman–Crippen LogP) is 3.73. The number of benzene rings is 1. The summed E-state index contributed by atoms with van der Waals surface area (Å²) in [4.78, 5) is 25.1. The van der Waals surface area contributed by atoms with Crippen molar-refractivity contribution in [3.05, 3.63) is 66.2 Å². The molecule has 0 aliphatic heterocycles. The first-order valence-corrected chi connectivity index (χ1v) is 9.08. The Kier molecular flexibility index (Phi) is 4.78. The molecule has 0 radical (unpaired) electrons. The zero-order valence-electron chi connectivity index (χ0n) is 15.1. The number of rotatable bonds is 6. The fourth-order valence-corrected chi connectivity index (χ4v) is 2.85. The van der Waals surface area contributed by atoms with Crippen molar-refractivity contribution >= 4 is 17.4 Å². The third-order valence-corrected chi connectivity index (χ3v) is 4.67. The van der Waals surface area contributed by atoms with Crippen LogP contribution in [0.4, 0.5) is 11.5 Å². The van der Waals surface area contributed by atoms with E-state index in [0.717, 1.165) is 29.1 Å². The molecular weight excluding hydrogens is 338 g/mol. The summed E-state index contributed by atoms with van der Waals surface area (Å²) in [5, 5.41) is 6.37. The van der Waals surface area contributed by atoms with Gasteiger partial charge in [-0.3, -0.25) is 4.79 Å². The predicted molar refractivity (Wildman–Crippen MR) is 105 cm³/mol. The first-order chi connectivity index (χ1) is 13.2. The average Bonchev–Trinajstić information content (AvgIpc) is 3.53.